The molecule has 0 unspecified atom stereocenters. The lowest BCUT2D eigenvalue weighted by molar-refractivity contribution is 0.0944. The molecular formula is C27H35Cl2N11O3. The minimum Gasteiger partial charge on any atom is -0.370 e. The first-order valence-electron chi connectivity index (χ1n) is 12.8. The maximum atomic E-state index is 13.0. The summed E-state index contributed by atoms with van der Waals surface area (Å²) in [4.78, 5) is 51.7. The van der Waals surface area contributed by atoms with Gasteiger partial charge in [-0.25, -0.2) is 0 Å². The molecule has 4 aromatic rings. The lowest BCUT2D eigenvalue weighted by Gasteiger charge is -2.07. The molecule has 4 rings (SSSR count). The van der Waals surface area contributed by atoms with Gasteiger partial charge in [0.05, 0.1) is 0 Å². The average molecular weight is 633 g/mol. The van der Waals surface area contributed by atoms with Gasteiger partial charge in [-0.1, -0.05) is 0 Å². The van der Waals surface area contributed by atoms with Crippen molar-refractivity contribution < 1.29 is 14.4 Å². The fourth-order valence-electron chi connectivity index (χ4n) is 4.02. The number of hydrogen-bond acceptors (Lipinski definition) is 5. The van der Waals surface area contributed by atoms with Crippen LogP contribution in [0.5, 0.6) is 0 Å². The lowest BCUT2D eigenvalue weighted by atomic mass is 10.1. The first-order valence-corrected chi connectivity index (χ1v) is 12.8. The van der Waals surface area contributed by atoms with E-state index in [9.17, 15) is 14.4 Å². The summed E-state index contributed by atoms with van der Waals surface area (Å²) in [7, 11) is 3.15. The van der Waals surface area contributed by atoms with E-state index in [2.05, 4.69) is 46.5 Å². The number of H-pyrrole nitrogens is 2. The van der Waals surface area contributed by atoms with E-state index in [-0.39, 0.29) is 42.5 Å². The summed E-state index contributed by atoms with van der Waals surface area (Å²) in [5.74, 6) is -0.252. The van der Waals surface area contributed by atoms with Crippen LogP contribution in [0, 0.1) is 0 Å². The molecule has 14 nitrogen and oxygen atoms in total. The number of benzene rings is 2. The van der Waals surface area contributed by atoms with Gasteiger partial charge >= 0.3 is 0 Å². The molecule has 0 bridgehead atoms. The van der Waals surface area contributed by atoms with Crippen molar-refractivity contribution in [2.45, 2.75) is 0 Å². The Bertz CT molecular complexity index is 1650. The zero-order valence-electron chi connectivity index (χ0n) is 23.5. The summed E-state index contributed by atoms with van der Waals surface area (Å²) in [6.07, 6.45) is 0. The SMILES string of the molecule is CN=C(N)NCCNC(=O)c1ccc2[nH]c(C(=O)Nc3ccc4[nH]c(C(=O)NCCNC(N)=NC)cc4c3)cc2c1.Cl.Cl. The predicted molar refractivity (Wildman–Crippen MR) is 175 cm³/mol. The molecule has 0 atom stereocenters. The second kappa shape index (κ2) is 15.9. The van der Waals surface area contributed by atoms with Gasteiger partial charge in [0.15, 0.2) is 11.9 Å². The molecular weight excluding hydrogens is 597 g/mol. The maximum Gasteiger partial charge on any atom is 0.272 e. The smallest absolute Gasteiger partial charge is 0.272 e. The summed E-state index contributed by atoms with van der Waals surface area (Å²) in [6, 6.07) is 13.9. The van der Waals surface area contributed by atoms with E-state index in [0.717, 1.165) is 21.8 Å². The topological polar surface area (TPSA) is 220 Å². The predicted octanol–water partition coefficient (Wildman–Crippen LogP) is 1.27. The van der Waals surface area contributed by atoms with E-state index < -0.39 is 0 Å². The van der Waals surface area contributed by atoms with Crippen LogP contribution in [0.1, 0.15) is 31.3 Å². The summed E-state index contributed by atoms with van der Waals surface area (Å²) >= 11 is 0. The van der Waals surface area contributed by atoms with Crippen molar-refractivity contribution >= 4 is 81.9 Å². The third kappa shape index (κ3) is 9.02. The van der Waals surface area contributed by atoms with Crippen molar-refractivity contribution in [1.82, 2.24) is 31.2 Å². The third-order valence-corrected chi connectivity index (χ3v) is 6.17. The van der Waals surface area contributed by atoms with E-state index in [4.69, 9.17) is 11.5 Å². The highest BCUT2D eigenvalue weighted by Crippen LogP contribution is 2.22. The molecule has 0 spiro atoms. The number of amides is 3. The highest BCUT2D eigenvalue weighted by Gasteiger charge is 2.14. The van der Waals surface area contributed by atoms with Gasteiger partial charge in [-0.15, -0.1) is 24.8 Å². The number of hydrogen-bond donors (Lipinski definition) is 9. The van der Waals surface area contributed by atoms with Crippen molar-refractivity contribution in [1.29, 1.82) is 0 Å². The van der Waals surface area contributed by atoms with Gasteiger partial charge in [-0.3, -0.25) is 24.4 Å². The molecule has 0 aliphatic heterocycles. The molecule has 0 fully saturated rings. The fraction of sp³-hybridized carbons (Fsp3) is 0.222. The number of nitrogens with one attached hydrogen (secondary N) is 7. The minimum atomic E-state index is -0.344. The molecule has 11 N–H and O–H groups in total. The molecule has 43 heavy (non-hydrogen) atoms. The first-order chi connectivity index (χ1) is 19.8. The highest BCUT2D eigenvalue weighted by molar-refractivity contribution is 6.08. The van der Waals surface area contributed by atoms with Gasteiger partial charge in [0.25, 0.3) is 17.7 Å². The second-order valence-corrected chi connectivity index (χ2v) is 9.01. The number of guanidine groups is 2. The molecule has 0 radical (unpaired) electrons. The standard InChI is InChI=1S/C27H33N11O3.2ClH/c1-30-26(28)34-9-7-32-23(39)15-3-5-19-16(11-15)13-22(38-19)25(41)36-18-4-6-20-17(12-18)14-21(37-20)24(40)33-8-10-35-27(29)31-2;;/h3-6,11-14,37-38H,7-10H2,1-2H3,(H,32,39)(H,33,40)(H,36,41)(H3,28,30,34)(H3,29,31,35);2*1H. The highest BCUT2D eigenvalue weighted by atomic mass is 35.5. The molecule has 3 amide bonds. The normalized spacial score (nSPS) is 11.3. The number of aromatic nitrogens is 2. The van der Waals surface area contributed by atoms with Crippen LogP contribution in [0.4, 0.5) is 5.69 Å². The van der Waals surface area contributed by atoms with E-state index in [1.165, 1.54) is 0 Å². The first kappa shape index (κ1) is 34.3. The number of nitrogens with two attached hydrogens (primary N) is 2. The molecule has 2 heterocycles. The number of carbonyl (C=O) groups is 3. The average Bonchev–Trinajstić information content (AvgIpc) is 3.61. The Morgan fingerprint density at radius 1 is 0.651 bits per heavy atom. The number of anilines is 1. The Labute approximate surface area is 259 Å². The molecule has 230 valence electrons. The van der Waals surface area contributed by atoms with Crippen LogP contribution in [0.25, 0.3) is 21.8 Å². The summed E-state index contributed by atoms with van der Waals surface area (Å²) < 4.78 is 0. The molecule has 0 saturated heterocycles. The number of halogens is 2. The van der Waals surface area contributed by atoms with Gasteiger partial charge in [0.2, 0.25) is 0 Å². The number of fused-ring (bicyclic) bond motifs is 2. The van der Waals surface area contributed by atoms with Crippen LogP contribution in [0.2, 0.25) is 0 Å². The van der Waals surface area contributed by atoms with E-state index in [1.54, 1.807) is 62.6 Å². The van der Waals surface area contributed by atoms with Crippen LogP contribution in [-0.4, -0.2) is 79.9 Å². The maximum absolute atomic E-state index is 13.0. The van der Waals surface area contributed by atoms with Gasteiger partial charge in [-0.2, -0.15) is 0 Å². The minimum absolute atomic E-state index is 0. The second-order valence-electron chi connectivity index (χ2n) is 9.01. The number of rotatable bonds is 10. The fourth-order valence-corrected chi connectivity index (χ4v) is 4.02. The van der Waals surface area contributed by atoms with E-state index in [0.29, 0.717) is 60.7 Å². The van der Waals surface area contributed by atoms with Gasteiger partial charge < -0.3 is 48.0 Å². The number of aromatic amines is 2. The molecule has 16 heteroatoms. The van der Waals surface area contributed by atoms with Crippen molar-refractivity contribution in [2.75, 3.05) is 45.6 Å². The van der Waals surface area contributed by atoms with Gasteiger partial charge in [0, 0.05) is 73.3 Å². The summed E-state index contributed by atoms with van der Waals surface area (Å²) in [5, 5.41) is 15.7. The zero-order valence-corrected chi connectivity index (χ0v) is 25.2. The van der Waals surface area contributed by atoms with Crippen molar-refractivity contribution in [3.63, 3.8) is 0 Å². The van der Waals surface area contributed by atoms with E-state index in [1.807, 2.05) is 0 Å². The van der Waals surface area contributed by atoms with Crippen molar-refractivity contribution in [3.05, 3.63) is 65.5 Å². The molecule has 2 aromatic carbocycles. The Morgan fingerprint density at radius 3 is 1.72 bits per heavy atom. The third-order valence-electron chi connectivity index (χ3n) is 6.17. The Kier molecular flexibility index (Phi) is 12.7. The largest absolute Gasteiger partial charge is 0.370 e. The number of nitrogens with zero attached hydrogens (tertiary/aromatic N) is 2. The van der Waals surface area contributed by atoms with Crippen LogP contribution >= 0.6 is 24.8 Å². The molecule has 0 aliphatic rings. The van der Waals surface area contributed by atoms with E-state index >= 15 is 0 Å². The van der Waals surface area contributed by atoms with Crippen LogP contribution in [-0.2, 0) is 0 Å². The van der Waals surface area contributed by atoms with Crippen molar-refractivity contribution in [2.24, 2.45) is 21.5 Å². The van der Waals surface area contributed by atoms with Crippen LogP contribution in [0.15, 0.2) is 58.5 Å². The van der Waals surface area contributed by atoms with Crippen molar-refractivity contribution in [3.8, 4) is 0 Å². The molecule has 2 aromatic heterocycles. The number of carbonyl (C=O) groups excluding carboxylic acids is 3. The summed E-state index contributed by atoms with van der Waals surface area (Å²) in [6.45, 7) is 1.62. The molecule has 0 saturated carbocycles. The Morgan fingerprint density at radius 2 is 1.14 bits per heavy atom. The number of aliphatic imine (C=N–C) groups is 2. The van der Waals surface area contributed by atoms with Gasteiger partial charge in [0.1, 0.15) is 11.4 Å². The van der Waals surface area contributed by atoms with Gasteiger partial charge in [-0.05, 0) is 48.5 Å². The Hall–Kier alpha value is -4.95. The quantitative estimate of drug-likeness (QED) is 0.0707. The monoisotopic (exact) mass is 631 g/mol. The summed E-state index contributed by atoms with van der Waals surface area (Å²) in [5.41, 5.74) is 14.4. The Balaban J connectivity index is 0.00000323. The van der Waals surface area contributed by atoms with Crippen LogP contribution < -0.4 is 38.1 Å². The lowest BCUT2D eigenvalue weighted by Crippen LogP contribution is -2.38. The van der Waals surface area contributed by atoms with Crippen LogP contribution in [0.3, 0.4) is 0 Å². The molecule has 0 aliphatic carbocycles. The zero-order chi connectivity index (χ0) is 29.4.